The highest BCUT2D eigenvalue weighted by Crippen LogP contribution is 2.22. The number of hydrogen-bond acceptors (Lipinski definition) is 2. The zero-order valence-electron chi connectivity index (χ0n) is 12.0. The Labute approximate surface area is 117 Å². The van der Waals surface area contributed by atoms with Crippen LogP contribution in [0.3, 0.4) is 0 Å². The van der Waals surface area contributed by atoms with Crippen LogP contribution in [0.5, 0.6) is 0 Å². The molecule has 4 nitrogen and oxygen atoms in total. The molecular weight excluding hydrogens is 273 g/mol. The first-order valence-electron chi connectivity index (χ1n) is 6.96. The van der Waals surface area contributed by atoms with Crippen molar-refractivity contribution in [3.05, 3.63) is 0 Å². The Hall–Kier alpha value is -0.980. The van der Waals surface area contributed by atoms with Gasteiger partial charge in [0.15, 0.2) is 0 Å². The van der Waals surface area contributed by atoms with E-state index in [0.717, 1.165) is 6.42 Å². The van der Waals surface area contributed by atoms with Crippen molar-refractivity contribution in [1.29, 1.82) is 0 Å². The number of rotatable bonds is 5. The molecule has 0 unspecified atom stereocenters. The molecule has 2 atom stereocenters. The van der Waals surface area contributed by atoms with Gasteiger partial charge in [0, 0.05) is 33.2 Å². The summed E-state index contributed by atoms with van der Waals surface area (Å²) in [7, 11) is 1.62. The normalized spacial score (nSPS) is 23.8. The molecule has 7 heteroatoms. The molecule has 0 aromatic rings. The lowest BCUT2D eigenvalue weighted by atomic mass is 9.96. The average Bonchev–Trinajstić information content (AvgIpc) is 2.37. The van der Waals surface area contributed by atoms with Gasteiger partial charge in [0.25, 0.3) is 0 Å². The third-order valence-corrected chi connectivity index (χ3v) is 3.64. The van der Waals surface area contributed by atoms with E-state index in [1.807, 2.05) is 0 Å². The van der Waals surface area contributed by atoms with Crippen LogP contribution in [0.4, 0.5) is 18.0 Å². The van der Waals surface area contributed by atoms with Gasteiger partial charge in [0.1, 0.15) is 0 Å². The molecule has 0 aromatic heterocycles. The van der Waals surface area contributed by atoms with E-state index in [2.05, 4.69) is 12.2 Å². The van der Waals surface area contributed by atoms with Gasteiger partial charge in [-0.05, 0) is 25.2 Å². The molecule has 1 aliphatic rings. The van der Waals surface area contributed by atoms with Crippen LogP contribution in [0.2, 0.25) is 0 Å². The van der Waals surface area contributed by atoms with Crippen molar-refractivity contribution in [2.24, 2.45) is 5.92 Å². The molecule has 0 aromatic carbocycles. The number of alkyl halides is 3. The van der Waals surface area contributed by atoms with Crippen molar-refractivity contribution < 1.29 is 22.7 Å². The number of nitrogens with one attached hydrogen (secondary N) is 1. The average molecular weight is 296 g/mol. The second kappa shape index (κ2) is 7.71. The predicted molar refractivity (Wildman–Crippen MR) is 69.5 cm³/mol. The van der Waals surface area contributed by atoms with Gasteiger partial charge < -0.3 is 15.0 Å². The maximum atomic E-state index is 11.9. The van der Waals surface area contributed by atoms with Gasteiger partial charge in [0.2, 0.25) is 0 Å². The number of amides is 2. The van der Waals surface area contributed by atoms with Crippen LogP contribution in [-0.2, 0) is 4.74 Å². The minimum atomic E-state index is -4.11. The summed E-state index contributed by atoms with van der Waals surface area (Å²) in [5.41, 5.74) is 0. The Bertz CT molecular complexity index is 310. The Morgan fingerprint density at radius 2 is 2.10 bits per heavy atom. The number of unbranched alkanes of at least 4 members (excludes halogenated alkanes) is 1. The molecule has 1 saturated heterocycles. The molecule has 1 rings (SSSR count). The molecule has 0 spiro atoms. The van der Waals surface area contributed by atoms with Crippen LogP contribution >= 0.6 is 0 Å². The van der Waals surface area contributed by atoms with Gasteiger partial charge >= 0.3 is 12.2 Å². The number of methoxy groups -OCH3 is 1. The van der Waals surface area contributed by atoms with Crippen molar-refractivity contribution in [3.63, 3.8) is 0 Å². The van der Waals surface area contributed by atoms with E-state index in [9.17, 15) is 18.0 Å². The molecule has 0 radical (unpaired) electrons. The van der Waals surface area contributed by atoms with E-state index in [0.29, 0.717) is 25.4 Å². The summed E-state index contributed by atoms with van der Waals surface area (Å²) < 4.78 is 41.1. The Morgan fingerprint density at radius 3 is 2.70 bits per heavy atom. The van der Waals surface area contributed by atoms with Crippen LogP contribution < -0.4 is 5.32 Å². The largest absolute Gasteiger partial charge is 0.389 e. The number of carbonyl (C=O) groups is 1. The zero-order valence-corrected chi connectivity index (χ0v) is 12.0. The lowest BCUT2D eigenvalue weighted by molar-refractivity contribution is -0.135. The maximum Gasteiger partial charge on any atom is 0.389 e. The summed E-state index contributed by atoms with van der Waals surface area (Å²) in [6, 6.07) is -0.217. The Morgan fingerprint density at radius 1 is 1.40 bits per heavy atom. The van der Waals surface area contributed by atoms with Crippen molar-refractivity contribution in [3.8, 4) is 0 Å². The third kappa shape index (κ3) is 5.98. The molecule has 0 bridgehead atoms. The number of urea groups is 1. The number of ether oxygens (including phenoxy) is 1. The maximum absolute atomic E-state index is 11.9. The van der Waals surface area contributed by atoms with Gasteiger partial charge in [-0.2, -0.15) is 13.2 Å². The molecule has 0 saturated carbocycles. The van der Waals surface area contributed by atoms with Crippen molar-refractivity contribution in [2.75, 3.05) is 26.7 Å². The second-order valence-corrected chi connectivity index (χ2v) is 5.29. The van der Waals surface area contributed by atoms with Crippen LogP contribution in [0.1, 0.15) is 32.6 Å². The lowest BCUT2D eigenvalue weighted by Gasteiger charge is -2.36. The number of carbonyl (C=O) groups excluding carboxylic acids is 1. The fourth-order valence-corrected chi connectivity index (χ4v) is 2.28. The molecule has 1 N–H and O–H groups in total. The van der Waals surface area contributed by atoms with Crippen LogP contribution in [-0.4, -0.2) is 50.0 Å². The van der Waals surface area contributed by atoms with Gasteiger partial charge in [-0.3, -0.25) is 0 Å². The molecule has 2 amide bonds. The number of halogens is 3. The van der Waals surface area contributed by atoms with E-state index in [1.165, 1.54) is 0 Å². The van der Waals surface area contributed by atoms with Gasteiger partial charge in [-0.15, -0.1) is 0 Å². The highest BCUT2D eigenvalue weighted by atomic mass is 19.4. The first-order chi connectivity index (χ1) is 9.33. The van der Waals surface area contributed by atoms with Gasteiger partial charge in [0.05, 0.1) is 6.10 Å². The van der Waals surface area contributed by atoms with E-state index >= 15 is 0 Å². The van der Waals surface area contributed by atoms with E-state index in [-0.39, 0.29) is 25.1 Å². The molecule has 1 heterocycles. The Balaban J connectivity index is 2.19. The summed E-state index contributed by atoms with van der Waals surface area (Å²) in [6.07, 6.45) is -3.63. The fraction of sp³-hybridized carbons (Fsp3) is 0.923. The van der Waals surface area contributed by atoms with Gasteiger partial charge in [-0.25, -0.2) is 4.79 Å². The fourth-order valence-electron chi connectivity index (χ4n) is 2.28. The van der Waals surface area contributed by atoms with E-state index in [1.54, 1.807) is 12.0 Å². The van der Waals surface area contributed by atoms with E-state index < -0.39 is 12.6 Å². The first-order valence-corrected chi connectivity index (χ1v) is 6.96. The van der Waals surface area contributed by atoms with Crippen molar-refractivity contribution >= 4 is 6.03 Å². The van der Waals surface area contributed by atoms with E-state index in [4.69, 9.17) is 4.74 Å². The standard InChI is InChI=1S/C13H23F3N2O2/c1-10-5-8-18(9-11(10)20-2)12(19)17-7-4-3-6-13(14,15)16/h10-11H,3-9H2,1-2H3,(H,17,19)/t10-,11-/m1/s1. The first kappa shape index (κ1) is 17.1. The smallest absolute Gasteiger partial charge is 0.379 e. The SMILES string of the molecule is CO[C@@H]1CN(C(=O)NCCCCC(F)(F)F)CC[C@H]1C. The van der Waals surface area contributed by atoms with Gasteiger partial charge in [-0.1, -0.05) is 6.92 Å². The number of nitrogens with zero attached hydrogens (tertiary/aromatic N) is 1. The van der Waals surface area contributed by atoms with Crippen LogP contribution in [0, 0.1) is 5.92 Å². The predicted octanol–water partition coefficient (Wildman–Crippen LogP) is 2.79. The molecule has 0 aliphatic carbocycles. The molecule has 1 fully saturated rings. The number of likely N-dealkylation sites (tertiary alicyclic amines) is 1. The minimum absolute atomic E-state index is 0.0275. The van der Waals surface area contributed by atoms with Crippen LogP contribution in [0.25, 0.3) is 0 Å². The summed E-state index contributed by atoms with van der Waals surface area (Å²) in [5, 5.41) is 2.66. The quantitative estimate of drug-likeness (QED) is 0.793. The lowest BCUT2D eigenvalue weighted by Crippen LogP contribution is -2.50. The molecule has 1 aliphatic heterocycles. The summed E-state index contributed by atoms with van der Waals surface area (Å²) in [5.74, 6) is 0.413. The van der Waals surface area contributed by atoms with Crippen LogP contribution in [0.15, 0.2) is 0 Å². The minimum Gasteiger partial charge on any atom is -0.379 e. The Kier molecular flexibility index (Phi) is 6.58. The van der Waals surface area contributed by atoms with Crippen molar-refractivity contribution in [2.45, 2.75) is 44.9 Å². The van der Waals surface area contributed by atoms with Crippen molar-refractivity contribution in [1.82, 2.24) is 10.2 Å². The summed E-state index contributed by atoms with van der Waals surface area (Å²) >= 11 is 0. The topological polar surface area (TPSA) is 41.6 Å². The monoisotopic (exact) mass is 296 g/mol. The molecular formula is C13H23F3N2O2. The third-order valence-electron chi connectivity index (χ3n) is 3.64. The highest BCUT2D eigenvalue weighted by molar-refractivity contribution is 5.74. The zero-order chi connectivity index (χ0) is 15.2. The number of hydrogen-bond donors (Lipinski definition) is 1. The number of piperidine rings is 1. The second-order valence-electron chi connectivity index (χ2n) is 5.29. The molecule has 118 valence electrons. The summed E-state index contributed by atoms with van der Waals surface area (Å²) in [6.45, 7) is 3.56. The summed E-state index contributed by atoms with van der Waals surface area (Å²) in [4.78, 5) is 13.5. The molecule has 20 heavy (non-hydrogen) atoms. The highest BCUT2D eigenvalue weighted by Gasteiger charge is 2.29.